The van der Waals surface area contributed by atoms with E-state index in [1.54, 1.807) is 0 Å². The van der Waals surface area contributed by atoms with Crippen molar-refractivity contribution in [1.29, 1.82) is 5.41 Å². The molecule has 10 heteroatoms. The van der Waals surface area contributed by atoms with Gasteiger partial charge >= 0.3 is 6.18 Å². The van der Waals surface area contributed by atoms with Crippen molar-refractivity contribution in [3.8, 4) is 0 Å². The Balaban J connectivity index is 2.10. The maximum absolute atomic E-state index is 14.7. The summed E-state index contributed by atoms with van der Waals surface area (Å²) < 4.78 is 54.0. The fourth-order valence-electron chi connectivity index (χ4n) is 3.48. The Kier molecular flexibility index (Phi) is 3.88. The smallest absolute Gasteiger partial charge is 0.404 e. The number of rotatable bonds is 2. The van der Waals surface area contributed by atoms with Crippen LogP contribution in [0.2, 0.25) is 0 Å². The standard InChI is InChI=1S/C17H14F4N6/c18-11-3-12-10(6-25-27-12)13-7-1-2-24-5-9(7)14(26-15(11)13)8(4-22)16(23)17(19,20)21/h3-4,6,23-24H,1-2,5,22H2,(H,25,27)/b8-4-,23-16?. The fourth-order valence-corrected chi connectivity index (χ4v) is 3.48. The van der Waals surface area contributed by atoms with Gasteiger partial charge < -0.3 is 11.1 Å². The van der Waals surface area contributed by atoms with Gasteiger partial charge in [0, 0.05) is 35.2 Å². The van der Waals surface area contributed by atoms with Crippen molar-refractivity contribution < 1.29 is 17.6 Å². The van der Waals surface area contributed by atoms with Crippen molar-refractivity contribution in [1.82, 2.24) is 20.5 Å². The van der Waals surface area contributed by atoms with Gasteiger partial charge in [-0.2, -0.15) is 18.3 Å². The molecule has 4 rings (SSSR count). The van der Waals surface area contributed by atoms with Crippen LogP contribution in [0.4, 0.5) is 17.6 Å². The predicted octanol–water partition coefficient (Wildman–Crippen LogP) is 2.78. The first-order valence-electron chi connectivity index (χ1n) is 8.09. The van der Waals surface area contributed by atoms with E-state index >= 15 is 0 Å². The Morgan fingerprint density at radius 2 is 2.07 bits per heavy atom. The predicted molar refractivity (Wildman–Crippen MR) is 92.7 cm³/mol. The number of pyridine rings is 1. The molecule has 0 aliphatic carbocycles. The number of alkyl halides is 3. The van der Waals surface area contributed by atoms with Gasteiger partial charge in [-0.15, -0.1) is 0 Å². The number of fused-ring (bicyclic) bond motifs is 5. The van der Waals surface area contributed by atoms with E-state index in [9.17, 15) is 17.6 Å². The zero-order valence-electron chi connectivity index (χ0n) is 13.8. The number of benzene rings is 1. The molecular formula is C17H14F4N6. The van der Waals surface area contributed by atoms with Crippen molar-refractivity contribution in [3.05, 3.63) is 41.1 Å². The molecule has 0 saturated heterocycles. The van der Waals surface area contributed by atoms with E-state index in [2.05, 4.69) is 20.5 Å². The summed E-state index contributed by atoms with van der Waals surface area (Å²) in [5, 5.41) is 18.4. The number of nitrogens with one attached hydrogen (secondary N) is 3. The van der Waals surface area contributed by atoms with Crippen LogP contribution in [-0.4, -0.2) is 33.6 Å². The third kappa shape index (κ3) is 2.64. The normalized spacial score (nSPS) is 15.3. The molecule has 0 saturated carbocycles. The molecule has 0 bridgehead atoms. The minimum Gasteiger partial charge on any atom is -0.404 e. The zero-order chi connectivity index (χ0) is 19.3. The molecule has 0 spiro atoms. The average molecular weight is 378 g/mol. The van der Waals surface area contributed by atoms with Crippen molar-refractivity contribution in [2.75, 3.05) is 6.54 Å². The monoisotopic (exact) mass is 378 g/mol. The largest absolute Gasteiger partial charge is 0.433 e. The van der Waals surface area contributed by atoms with Gasteiger partial charge in [0.15, 0.2) is 5.82 Å². The summed E-state index contributed by atoms with van der Waals surface area (Å²) in [7, 11) is 0. The molecule has 0 unspecified atom stereocenters. The van der Waals surface area contributed by atoms with Crippen LogP contribution < -0.4 is 11.1 Å². The maximum Gasteiger partial charge on any atom is 0.433 e. The van der Waals surface area contributed by atoms with Crippen LogP contribution in [0.25, 0.3) is 27.4 Å². The number of H-pyrrole nitrogens is 1. The van der Waals surface area contributed by atoms with Crippen LogP contribution >= 0.6 is 0 Å². The molecule has 0 atom stereocenters. The van der Waals surface area contributed by atoms with E-state index in [0.717, 1.165) is 0 Å². The molecule has 0 radical (unpaired) electrons. The van der Waals surface area contributed by atoms with Crippen LogP contribution in [0.5, 0.6) is 0 Å². The Morgan fingerprint density at radius 3 is 2.78 bits per heavy atom. The van der Waals surface area contributed by atoms with E-state index in [-0.39, 0.29) is 17.8 Å². The van der Waals surface area contributed by atoms with Gasteiger partial charge in [-0.25, -0.2) is 9.37 Å². The molecule has 5 N–H and O–H groups in total. The van der Waals surface area contributed by atoms with Crippen LogP contribution in [0.1, 0.15) is 16.8 Å². The first-order chi connectivity index (χ1) is 12.8. The highest BCUT2D eigenvalue weighted by Crippen LogP contribution is 2.36. The summed E-state index contributed by atoms with van der Waals surface area (Å²) in [4.78, 5) is 4.18. The zero-order valence-corrected chi connectivity index (χ0v) is 13.8. The first kappa shape index (κ1) is 17.4. The Bertz CT molecular complexity index is 1110. The number of aromatic amines is 1. The average Bonchev–Trinajstić information content (AvgIpc) is 3.09. The van der Waals surface area contributed by atoms with Crippen LogP contribution in [0, 0.1) is 11.2 Å². The third-order valence-corrected chi connectivity index (χ3v) is 4.68. The summed E-state index contributed by atoms with van der Waals surface area (Å²) >= 11 is 0. The molecule has 0 fully saturated rings. The second-order valence-electron chi connectivity index (χ2n) is 6.21. The third-order valence-electron chi connectivity index (χ3n) is 4.68. The lowest BCUT2D eigenvalue weighted by Gasteiger charge is -2.24. The van der Waals surface area contributed by atoms with E-state index in [0.29, 0.717) is 46.6 Å². The highest BCUT2D eigenvalue weighted by molar-refractivity contribution is 6.25. The second kappa shape index (κ2) is 6.02. The quantitative estimate of drug-likeness (QED) is 0.407. The van der Waals surface area contributed by atoms with Gasteiger partial charge in [0.2, 0.25) is 0 Å². The van der Waals surface area contributed by atoms with Gasteiger partial charge in [-0.3, -0.25) is 10.5 Å². The van der Waals surface area contributed by atoms with Gasteiger partial charge in [0.05, 0.1) is 17.4 Å². The summed E-state index contributed by atoms with van der Waals surface area (Å²) in [5.41, 5.74) is 4.69. The maximum atomic E-state index is 14.7. The van der Waals surface area contributed by atoms with E-state index in [4.69, 9.17) is 11.1 Å². The number of hydrogen-bond acceptors (Lipinski definition) is 5. The molecule has 6 nitrogen and oxygen atoms in total. The SMILES string of the molecule is N=C(/C(=C\N)c1nc2c(F)cc3[nH]ncc3c2c2c1CNCC2)C(F)(F)F. The molecule has 2 aromatic heterocycles. The summed E-state index contributed by atoms with van der Waals surface area (Å²) in [6.45, 7) is 0.825. The van der Waals surface area contributed by atoms with Gasteiger partial charge in [0.1, 0.15) is 11.2 Å². The van der Waals surface area contributed by atoms with E-state index in [1.165, 1.54) is 12.3 Å². The molecule has 3 aromatic rings. The number of aromatic nitrogens is 3. The Labute approximate surface area is 150 Å². The molecule has 3 heterocycles. The van der Waals surface area contributed by atoms with Crippen LogP contribution in [0.3, 0.4) is 0 Å². The summed E-state index contributed by atoms with van der Waals surface area (Å²) in [6.07, 6.45) is -2.18. The summed E-state index contributed by atoms with van der Waals surface area (Å²) in [6, 6.07) is 1.20. The minimum atomic E-state index is -4.90. The molecule has 1 aliphatic heterocycles. The number of nitrogens with zero attached hydrogens (tertiary/aromatic N) is 2. The van der Waals surface area contributed by atoms with Gasteiger partial charge in [-0.1, -0.05) is 0 Å². The number of halogens is 4. The molecule has 27 heavy (non-hydrogen) atoms. The topological polar surface area (TPSA) is 103 Å². The number of allylic oxidation sites excluding steroid dienone is 1. The summed E-state index contributed by atoms with van der Waals surface area (Å²) in [5.74, 6) is -0.681. The lowest BCUT2D eigenvalue weighted by Crippen LogP contribution is -2.29. The lowest BCUT2D eigenvalue weighted by atomic mass is 9.90. The van der Waals surface area contributed by atoms with Crippen molar-refractivity contribution in [2.45, 2.75) is 19.1 Å². The Morgan fingerprint density at radius 1 is 1.30 bits per heavy atom. The van der Waals surface area contributed by atoms with Crippen molar-refractivity contribution in [3.63, 3.8) is 0 Å². The van der Waals surface area contributed by atoms with E-state index in [1.807, 2.05) is 0 Å². The van der Waals surface area contributed by atoms with Crippen molar-refractivity contribution >= 4 is 33.1 Å². The Hall–Kier alpha value is -3.01. The van der Waals surface area contributed by atoms with Crippen LogP contribution in [0.15, 0.2) is 18.5 Å². The molecular weight excluding hydrogens is 364 g/mol. The van der Waals surface area contributed by atoms with Crippen molar-refractivity contribution in [2.24, 2.45) is 5.73 Å². The molecule has 1 aliphatic rings. The highest BCUT2D eigenvalue weighted by atomic mass is 19.4. The van der Waals surface area contributed by atoms with Crippen LogP contribution in [-0.2, 0) is 13.0 Å². The highest BCUT2D eigenvalue weighted by Gasteiger charge is 2.39. The van der Waals surface area contributed by atoms with E-state index < -0.39 is 23.3 Å². The number of hydrogen-bond donors (Lipinski definition) is 4. The first-order valence-corrected chi connectivity index (χ1v) is 8.09. The van der Waals surface area contributed by atoms with Gasteiger partial charge in [0.25, 0.3) is 0 Å². The second-order valence-corrected chi connectivity index (χ2v) is 6.21. The number of nitrogens with two attached hydrogens (primary N) is 1. The van der Waals surface area contributed by atoms with Gasteiger partial charge in [-0.05, 0) is 24.1 Å². The molecule has 0 amide bonds. The molecule has 1 aromatic carbocycles. The minimum absolute atomic E-state index is 0.0612. The fraction of sp³-hybridized carbons (Fsp3) is 0.235. The lowest BCUT2D eigenvalue weighted by molar-refractivity contribution is -0.0578. The molecule has 140 valence electrons.